The first-order valence-electron chi connectivity index (χ1n) is 5.09. The zero-order valence-electron chi connectivity index (χ0n) is 7.90. The van der Waals surface area contributed by atoms with Crippen molar-refractivity contribution in [2.24, 2.45) is 0 Å². The average Bonchev–Trinajstić information content (AvgIpc) is 2.72. The molecule has 0 aromatic carbocycles. The third kappa shape index (κ3) is 4.41. The topological polar surface area (TPSA) is 12.0 Å². The Morgan fingerprint density at radius 3 is 2.64 bits per heavy atom. The van der Waals surface area contributed by atoms with Gasteiger partial charge in [0.15, 0.2) is 0 Å². The van der Waals surface area contributed by atoms with Crippen LogP contribution in [0.2, 0.25) is 0 Å². The van der Waals surface area contributed by atoms with Crippen LogP contribution in [0.25, 0.3) is 0 Å². The van der Waals surface area contributed by atoms with Crippen LogP contribution in [0.3, 0.4) is 0 Å². The van der Waals surface area contributed by atoms with E-state index in [0.717, 1.165) is 12.1 Å². The molecule has 0 radical (unpaired) electrons. The first-order valence-corrected chi connectivity index (χ1v) is 5.09. The van der Waals surface area contributed by atoms with Crippen molar-refractivity contribution >= 4 is 0 Å². The van der Waals surface area contributed by atoms with Crippen LogP contribution in [-0.2, 0) is 0 Å². The van der Waals surface area contributed by atoms with Crippen molar-refractivity contribution in [2.45, 2.75) is 64.5 Å². The van der Waals surface area contributed by atoms with E-state index in [2.05, 4.69) is 19.2 Å². The Balaban J connectivity index is 1.87. The van der Waals surface area contributed by atoms with Crippen LogP contribution in [0.4, 0.5) is 0 Å². The molecule has 0 aromatic rings. The molecule has 66 valence electrons. The molecule has 1 rings (SSSR count). The average molecular weight is 155 g/mol. The first kappa shape index (κ1) is 9.05. The summed E-state index contributed by atoms with van der Waals surface area (Å²) >= 11 is 0. The SMILES string of the molecule is CCCCCC(C)NC1CC1. The molecule has 0 saturated heterocycles. The number of rotatable bonds is 6. The lowest BCUT2D eigenvalue weighted by molar-refractivity contribution is 0.485. The van der Waals surface area contributed by atoms with Gasteiger partial charge in [-0.15, -0.1) is 0 Å². The molecule has 1 aliphatic carbocycles. The molecular formula is C10H21N. The van der Waals surface area contributed by atoms with Gasteiger partial charge in [0.2, 0.25) is 0 Å². The van der Waals surface area contributed by atoms with Gasteiger partial charge in [0.05, 0.1) is 0 Å². The third-order valence-corrected chi connectivity index (χ3v) is 2.34. The van der Waals surface area contributed by atoms with Gasteiger partial charge in [0, 0.05) is 12.1 Å². The van der Waals surface area contributed by atoms with Gasteiger partial charge in [-0.3, -0.25) is 0 Å². The highest BCUT2D eigenvalue weighted by atomic mass is 15.0. The van der Waals surface area contributed by atoms with Gasteiger partial charge >= 0.3 is 0 Å². The highest BCUT2D eigenvalue weighted by Gasteiger charge is 2.22. The van der Waals surface area contributed by atoms with Crippen LogP contribution in [0.5, 0.6) is 0 Å². The minimum absolute atomic E-state index is 0.758. The van der Waals surface area contributed by atoms with Gasteiger partial charge in [-0.25, -0.2) is 0 Å². The summed E-state index contributed by atoms with van der Waals surface area (Å²) in [4.78, 5) is 0. The van der Waals surface area contributed by atoms with Crippen molar-refractivity contribution in [2.75, 3.05) is 0 Å². The molecule has 1 nitrogen and oxygen atoms in total. The first-order chi connectivity index (χ1) is 5.33. The quantitative estimate of drug-likeness (QED) is 0.581. The van der Waals surface area contributed by atoms with Gasteiger partial charge in [-0.2, -0.15) is 0 Å². The van der Waals surface area contributed by atoms with Crippen LogP contribution in [0.15, 0.2) is 0 Å². The maximum Gasteiger partial charge on any atom is 0.00706 e. The normalized spacial score (nSPS) is 20.2. The fraction of sp³-hybridized carbons (Fsp3) is 1.00. The molecule has 1 saturated carbocycles. The smallest absolute Gasteiger partial charge is 0.00706 e. The summed E-state index contributed by atoms with van der Waals surface area (Å²) in [5.74, 6) is 0. The van der Waals surface area contributed by atoms with Crippen molar-refractivity contribution in [1.29, 1.82) is 0 Å². The predicted molar refractivity (Wildman–Crippen MR) is 49.8 cm³/mol. The molecular weight excluding hydrogens is 134 g/mol. The third-order valence-electron chi connectivity index (χ3n) is 2.34. The molecule has 1 N–H and O–H groups in total. The maximum absolute atomic E-state index is 3.61. The summed E-state index contributed by atoms with van der Waals surface area (Å²) in [5.41, 5.74) is 0. The minimum Gasteiger partial charge on any atom is -0.312 e. The summed E-state index contributed by atoms with van der Waals surface area (Å²) in [7, 11) is 0. The molecule has 0 amide bonds. The standard InChI is InChI=1S/C10H21N/c1-3-4-5-6-9(2)11-10-7-8-10/h9-11H,3-8H2,1-2H3. The fourth-order valence-electron chi connectivity index (χ4n) is 1.44. The van der Waals surface area contributed by atoms with Gasteiger partial charge in [-0.1, -0.05) is 26.2 Å². The number of nitrogens with one attached hydrogen (secondary N) is 1. The van der Waals surface area contributed by atoms with E-state index in [-0.39, 0.29) is 0 Å². The second-order valence-corrected chi connectivity index (χ2v) is 3.84. The molecule has 0 aromatic heterocycles. The molecule has 0 bridgehead atoms. The molecule has 0 heterocycles. The Bertz CT molecular complexity index is 97.0. The monoisotopic (exact) mass is 155 g/mol. The van der Waals surface area contributed by atoms with Crippen LogP contribution in [-0.4, -0.2) is 12.1 Å². The molecule has 0 spiro atoms. The lowest BCUT2D eigenvalue weighted by Gasteiger charge is -2.11. The molecule has 0 aliphatic heterocycles. The van der Waals surface area contributed by atoms with E-state index in [1.165, 1.54) is 38.5 Å². The van der Waals surface area contributed by atoms with Gasteiger partial charge in [-0.05, 0) is 26.2 Å². The van der Waals surface area contributed by atoms with Crippen LogP contribution >= 0.6 is 0 Å². The summed E-state index contributed by atoms with van der Waals surface area (Å²) in [6.07, 6.45) is 8.34. The second-order valence-electron chi connectivity index (χ2n) is 3.84. The van der Waals surface area contributed by atoms with Crippen molar-refractivity contribution in [3.05, 3.63) is 0 Å². The number of hydrogen-bond acceptors (Lipinski definition) is 1. The van der Waals surface area contributed by atoms with E-state index in [0.29, 0.717) is 0 Å². The van der Waals surface area contributed by atoms with E-state index < -0.39 is 0 Å². The zero-order chi connectivity index (χ0) is 8.10. The summed E-state index contributed by atoms with van der Waals surface area (Å²) < 4.78 is 0. The zero-order valence-corrected chi connectivity index (χ0v) is 7.90. The minimum atomic E-state index is 0.758. The van der Waals surface area contributed by atoms with Gasteiger partial charge < -0.3 is 5.32 Å². The predicted octanol–water partition coefficient (Wildman–Crippen LogP) is 2.71. The van der Waals surface area contributed by atoms with E-state index >= 15 is 0 Å². The molecule has 1 fully saturated rings. The van der Waals surface area contributed by atoms with Gasteiger partial charge in [0.1, 0.15) is 0 Å². The molecule has 1 heteroatoms. The lowest BCUT2D eigenvalue weighted by atomic mass is 10.1. The van der Waals surface area contributed by atoms with Crippen molar-refractivity contribution < 1.29 is 0 Å². The Hall–Kier alpha value is -0.0400. The Morgan fingerprint density at radius 2 is 2.09 bits per heavy atom. The van der Waals surface area contributed by atoms with Crippen LogP contribution < -0.4 is 5.32 Å². The molecule has 11 heavy (non-hydrogen) atoms. The second kappa shape index (κ2) is 4.76. The molecule has 1 unspecified atom stereocenters. The summed E-state index contributed by atoms with van der Waals surface area (Å²) in [5, 5.41) is 3.61. The van der Waals surface area contributed by atoms with Crippen LogP contribution in [0, 0.1) is 0 Å². The van der Waals surface area contributed by atoms with E-state index in [4.69, 9.17) is 0 Å². The van der Waals surface area contributed by atoms with Gasteiger partial charge in [0.25, 0.3) is 0 Å². The Kier molecular flexibility index (Phi) is 3.92. The maximum atomic E-state index is 3.61. The van der Waals surface area contributed by atoms with E-state index in [9.17, 15) is 0 Å². The lowest BCUT2D eigenvalue weighted by Crippen LogP contribution is -2.27. The van der Waals surface area contributed by atoms with Crippen molar-refractivity contribution in [3.63, 3.8) is 0 Å². The molecule has 1 aliphatic rings. The Morgan fingerprint density at radius 1 is 1.36 bits per heavy atom. The van der Waals surface area contributed by atoms with E-state index in [1.54, 1.807) is 0 Å². The Labute approximate surface area is 70.6 Å². The van der Waals surface area contributed by atoms with Crippen molar-refractivity contribution in [1.82, 2.24) is 5.32 Å². The van der Waals surface area contributed by atoms with Crippen LogP contribution in [0.1, 0.15) is 52.4 Å². The van der Waals surface area contributed by atoms with Crippen molar-refractivity contribution in [3.8, 4) is 0 Å². The highest BCUT2D eigenvalue weighted by Crippen LogP contribution is 2.20. The molecule has 1 atom stereocenters. The van der Waals surface area contributed by atoms with E-state index in [1.807, 2.05) is 0 Å². The largest absolute Gasteiger partial charge is 0.312 e. The summed E-state index contributed by atoms with van der Waals surface area (Å²) in [6, 6.07) is 1.64. The highest BCUT2D eigenvalue weighted by molar-refractivity contribution is 4.83. The summed E-state index contributed by atoms with van der Waals surface area (Å²) in [6.45, 7) is 4.58. The fourth-order valence-corrected chi connectivity index (χ4v) is 1.44. The number of unbranched alkanes of at least 4 members (excludes halogenated alkanes) is 2. The number of hydrogen-bond donors (Lipinski definition) is 1.